The molecule has 0 spiro atoms. The third-order valence-electron chi connectivity index (χ3n) is 4.82. The third kappa shape index (κ3) is 18.3. The van der Waals surface area contributed by atoms with Crippen LogP contribution < -0.4 is 0 Å². The number of rotatable bonds is 19. The minimum atomic E-state index is -1.62. The van der Waals surface area contributed by atoms with Crippen LogP contribution in [0, 0.1) is 0 Å². The molecule has 0 saturated heterocycles. The second-order valence-corrected chi connectivity index (χ2v) is 7.26. The first kappa shape index (κ1) is 23.9. The van der Waals surface area contributed by atoms with Gasteiger partial charge in [0.05, 0.1) is 0 Å². The van der Waals surface area contributed by atoms with Gasteiger partial charge in [0.2, 0.25) is 0 Å². The Morgan fingerprint density at radius 3 is 1.25 bits per heavy atom. The Balaban J connectivity index is 3.57. The molecule has 3 nitrogen and oxygen atoms in total. The van der Waals surface area contributed by atoms with Gasteiger partial charge < -0.3 is 14.7 Å². The summed E-state index contributed by atoms with van der Waals surface area (Å²) in [4.78, 5) is 0. The zero-order valence-electron chi connectivity index (χ0n) is 16.5. The maximum absolute atomic E-state index is 9.07. The molecule has 0 aromatic rings. The summed E-state index contributed by atoms with van der Waals surface area (Å²) in [5.74, 6) is 0. The van der Waals surface area contributed by atoms with Gasteiger partial charge in [-0.15, -0.1) is 0 Å². The largest absolute Gasteiger partial charge is 0.634 e. The fraction of sp³-hybridized carbons (Fsp3) is 1.00. The van der Waals surface area contributed by atoms with Crippen LogP contribution in [0.4, 0.5) is 0 Å². The fourth-order valence-corrected chi connectivity index (χ4v) is 3.29. The molecule has 0 fully saturated rings. The van der Waals surface area contributed by atoms with Crippen molar-refractivity contribution in [3.63, 3.8) is 0 Å². The third-order valence-corrected chi connectivity index (χ3v) is 4.82. The molecule has 1 unspecified atom stereocenters. The molecule has 0 aromatic heterocycles. The average Bonchev–Trinajstić information content (AvgIpc) is 2.55. The minimum Gasteiger partial charge on any atom is -0.402 e. The Labute approximate surface area is 151 Å². The summed E-state index contributed by atoms with van der Waals surface area (Å²) in [6.45, 7) is 4.49. The lowest BCUT2D eigenvalue weighted by molar-refractivity contribution is 0.101. The van der Waals surface area contributed by atoms with E-state index in [-0.39, 0.29) is 6.10 Å². The molecule has 144 valence electrons. The summed E-state index contributed by atoms with van der Waals surface area (Å²) in [6.07, 6.45) is 21.4. The Morgan fingerprint density at radius 2 is 0.917 bits per heavy atom. The molecule has 0 radical (unpaired) electrons. The maximum atomic E-state index is 9.07. The van der Waals surface area contributed by atoms with Gasteiger partial charge in [-0.3, -0.25) is 0 Å². The smallest absolute Gasteiger partial charge is 0.402 e. The van der Waals surface area contributed by atoms with Crippen molar-refractivity contribution in [3.8, 4) is 0 Å². The van der Waals surface area contributed by atoms with Crippen LogP contribution in [0.15, 0.2) is 0 Å². The van der Waals surface area contributed by atoms with Gasteiger partial charge in [-0.2, -0.15) is 0 Å². The van der Waals surface area contributed by atoms with Gasteiger partial charge in [0, 0.05) is 6.10 Å². The first-order valence-electron chi connectivity index (χ1n) is 10.7. The average molecular weight is 342 g/mol. The lowest BCUT2D eigenvalue weighted by Crippen LogP contribution is -2.25. The van der Waals surface area contributed by atoms with Crippen molar-refractivity contribution in [2.45, 2.75) is 129 Å². The van der Waals surface area contributed by atoms with Gasteiger partial charge in [-0.05, 0) is 12.8 Å². The van der Waals surface area contributed by atoms with Crippen molar-refractivity contribution in [1.82, 2.24) is 0 Å². The second kappa shape index (κ2) is 19.3. The normalized spacial score (nSPS) is 12.5. The first-order valence-corrected chi connectivity index (χ1v) is 10.7. The van der Waals surface area contributed by atoms with Crippen molar-refractivity contribution in [2.24, 2.45) is 0 Å². The number of unbranched alkanes of at least 4 members (excludes halogenated alkanes) is 13. The highest BCUT2D eigenvalue weighted by Gasteiger charge is 2.17. The SMILES string of the molecule is CCCCCCCCCCCC(CCCCCCCC)OB(O)O. The van der Waals surface area contributed by atoms with Crippen molar-refractivity contribution in [2.75, 3.05) is 0 Å². The van der Waals surface area contributed by atoms with Crippen LogP contribution >= 0.6 is 0 Å². The lowest BCUT2D eigenvalue weighted by atomic mass is 10.0. The standard InChI is InChI=1S/C20H43BO3/c1-3-5-7-9-11-12-13-15-17-19-20(24-21(22)23)18-16-14-10-8-6-4-2/h20,22-23H,3-19H2,1-2H3. The minimum absolute atomic E-state index is 0.0146. The van der Waals surface area contributed by atoms with Crippen LogP contribution in [0.25, 0.3) is 0 Å². The summed E-state index contributed by atoms with van der Waals surface area (Å²) in [5, 5.41) is 18.1. The van der Waals surface area contributed by atoms with Gasteiger partial charge in [-0.25, -0.2) is 0 Å². The molecule has 0 aliphatic carbocycles. The monoisotopic (exact) mass is 342 g/mol. The maximum Gasteiger partial charge on any atom is 0.634 e. The predicted molar refractivity (Wildman–Crippen MR) is 105 cm³/mol. The Morgan fingerprint density at radius 1 is 0.583 bits per heavy atom. The highest BCUT2D eigenvalue weighted by molar-refractivity contribution is 6.32. The molecule has 0 heterocycles. The topological polar surface area (TPSA) is 49.7 Å². The highest BCUT2D eigenvalue weighted by Crippen LogP contribution is 2.17. The Bertz CT molecular complexity index is 237. The van der Waals surface area contributed by atoms with Crippen LogP contribution in [0.3, 0.4) is 0 Å². The molecule has 0 bridgehead atoms. The van der Waals surface area contributed by atoms with Gasteiger partial charge in [0.1, 0.15) is 0 Å². The second-order valence-electron chi connectivity index (χ2n) is 7.26. The first-order chi connectivity index (χ1) is 11.7. The molecular weight excluding hydrogens is 299 g/mol. The summed E-state index contributed by atoms with van der Waals surface area (Å²) in [7, 11) is -1.62. The predicted octanol–water partition coefficient (Wildman–Crippen LogP) is 6.01. The van der Waals surface area contributed by atoms with Crippen molar-refractivity contribution < 1.29 is 14.7 Å². The zero-order valence-corrected chi connectivity index (χ0v) is 16.5. The van der Waals surface area contributed by atoms with Gasteiger partial charge >= 0.3 is 7.32 Å². The summed E-state index contributed by atoms with van der Waals surface area (Å²) >= 11 is 0. The van der Waals surface area contributed by atoms with E-state index in [1.165, 1.54) is 83.5 Å². The molecule has 4 heteroatoms. The Hall–Kier alpha value is -0.0551. The van der Waals surface area contributed by atoms with E-state index in [0.717, 1.165) is 25.7 Å². The van der Waals surface area contributed by atoms with E-state index in [4.69, 9.17) is 14.7 Å². The van der Waals surface area contributed by atoms with Gasteiger partial charge in [-0.1, -0.05) is 110 Å². The Kier molecular flexibility index (Phi) is 19.2. The summed E-state index contributed by atoms with van der Waals surface area (Å²) in [5.41, 5.74) is 0. The summed E-state index contributed by atoms with van der Waals surface area (Å²) in [6, 6.07) is 0. The van der Waals surface area contributed by atoms with E-state index in [1.807, 2.05) is 0 Å². The molecule has 0 aromatic carbocycles. The molecule has 0 saturated carbocycles. The molecule has 0 aliphatic rings. The van der Waals surface area contributed by atoms with E-state index >= 15 is 0 Å². The van der Waals surface area contributed by atoms with Crippen LogP contribution in [-0.2, 0) is 4.65 Å². The van der Waals surface area contributed by atoms with E-state index in [1.54, 1.807) is 0 Å². The van der Waals surface area contributed by atoms with Crippen LogP contribution in [0.2, 0.25) is 0 Å². The molecule has 1 atom stereocenters. The summed E-state index contributed by atoms with van der Waals surface area (Å²) < 4.78 is 5.26. The highest BCUT2D eigenvalue weighted by atomic mass is 16.6. The molecule has 0 rings (SSSR count). The van der Waals surface area contributed by atoms with Crippen molar-refractivity contribution in [1.29, 1.82) is 0 Å². The quantitative estimate of drug-likeness (QED) is 0.223. The fourth-order valence-electron chi connectivity index (χ4n) is 3.29. The van der Waals surface area contributed by atoms with Gasteiger partial charge in [0.15, 0.2) is 0 Å². The van der Waals surface area contributed by atoms with Crippen LogP contribution in [0.1, 0.15) is 123 Å². The van der Waals surface area contributed by atoms with E-state index in [9.17, 15) is 0 Å². The van der Waals surface area contributed by atoms with Crippen LogP contribution in [0.5, 0.6) is 0 Å². The van der Waals surface area contributed by atoms with E-state index in [0.29, 0.717) is 0 Å². The van der Waals surface area contributed by atoms with Crippen LogP contribution in [-0.4, -0.2) is 23.5 Å². The molecule has 24 heavy (non-hydrogen) atoms. The van der Waals surface area contributed by atoms with E-state index in [2.05, 4.69) is 13.8 Å². The van der Waals surface area contributed by atoms with Crippen molar-refractivity contribution >= 4 is 7.32 Å². The van der Waals surface area contributed by atoms with Crippen molar-refractivity contribution in [3.05, 3.63) is 0 Å². The molecule has 0 amide bonds. The van der Waals surface area contributed by atoms with E-state index < -0.39 is 7.32 Å². The van der Waals surface area contributed by atoms with Gasteiger partial charge in [0.25, 0.3) is 0 Å². The number of hydrogen-bond acceptors (Lipinski definition) is 3. The zero-order chi connectivity index (χ0) is 17.9. The molecule has 2 N–H and O–H groups in total. The number of hydrogen-bond donors (Lipinski definition) is 2. The molecule has 0 aliphatic heterocycles. The lowest BCUT2D eigenvalue weighted by Gasteiger charge is -2.17. The molecular formula is C20H43BO3.